The topological polar surface area (TPSA) is 32.7 Å². The molecule has 1 aliphatic rings. The van der Waals surface area contributed by atoms with E-state index in [0.717, 1.165) is 23.3 Å². The molecule has 156 valence electrons. The summed E-state index contributed by atoms with van der Waals surface area (Å²) in [5.74, 6) is 0.584. The van der Waals surface area contributed by atoms with Gasteiger partial charge in [0.1, 0.15) is 18.6 Å². The van der Waals surface area contributed by atoms with E-state index in [1.165, 1.54) is 12.1 Å². The highest BCUT2D eigenvalue weighted by atomic mass is 19.4. The molecule has 0 bridgehead atoms. The third kappa shape index (κ3) is 4.20. The first-order valence-electron chi connectivity index (χ1n) is 9.75. The van der Waals surface area contributed by atoms with Gasteiger partial charge in [-0.05, 0) is 47.9 Å². The number of halogens is 3. The van der Waals surface area contributed by atoms with Gasteiger partial charge in [-0.1, -0.05) is 48.5 Å². The zero-order valence-electron chi connectivity index (χ0n) is 16.4. The van der Waals surface area contributed by atoms with Gasteiger partial charge in [0.15, 0.2) is 0 Å². The molecule has 0 spiro atoms. The molecule has 3 nitrogen and oxygen atoms in total. The van der Waals surface area contributed by atoms with Gasteiger partial charge in [-0.2, -0.15) is 13.2 Å². The smallest absolute Gasteiger partial charge is 0.416 e. The van der Waals surface area contributed by atoms with E-state index in [0.29, 0.717) is 30.0 Å². The average Bonchev–Trinajstić information content (AvgIpc) is 2.86. The van der Waals surface area contributed by atoms with Crippen LogP contribution in [0.15, 0.2) is 72.8 Å². The second-order valence-corrected chi connectivity index (χ2v) is 7.52. The Balaban J connectivity index is 1.65. The van der Waals surface area contributed by atoms with Crippen molar-refractivity contribution in [2.75, 3.05) is 6.61 Å². The van der Waals surface area contributed by atoms with Crippen LogP contribution in [0.3, 0.4) is 0 Å². The minimum absolute atomic E-state index is 0.0258. The summed E-state index contributed by atoms with van der Waals surface area (Å²) < 4.78 is 44.4. The van der Waals surface area contributed by atoms with Crippen LogP contribution in [0, 0.1) is 0 Å². The zero-order valence-corrected chi connectivity index (χ0v) is 16.4. The van der Waals surface area contributed by atoms with Crippen LogP contribution in [0.2, 0.25) is 0 Å². The Labute approximate surface area is 173 Å². The number of hydrogen-bond acceptors (Lipinski definition) is 3. The Morgan fingerprint density at radius 3 is 2.30 bits per heavy atom. The standard InChI is InChI=1S/C24H22F3NO2/c1-16-15-30-22-12-9-19(18-7-10-20(11-8-18)24(25,26)27)13-21(22)23(29)28(16)14-17-5-3-2-4-6-17/h2-13,16,23,29H,14-15H2,1H3. The van der Waals surface area contributed by atoms with Gasteiger partial charge in [-0.3, -0.25) is 4.90 Å². The van der Waals surface area contributed by atoms with Gasteiger partial charge in [0.2, 0.25) is 0 Å². The molecule has 0 saturated heterocycles. The molecule has 0 amide bonds. The van der Waals surface area contributed by atoms with Gasteiger partial charge < -0.3 is 9.84 Å². The first kappa shape index (κ1) is 20.4. The molecule has 0 radical (unpaired) electrons. The summed E-state index contributed by atoms with van der Waals surface area (Å²) in [4.78, 5) is 1.96. The molecule has 2 atom stereocenters. The molecule has 0 aromatic heterocycles. The number of benzene rings is 3. The third-order valence-electron chi connectivity index (χ3n) is 5.40. The van der Waals surface area contributed by atoms with Gasteiger partial charge in [-0.25, -0.2) is 0 Å². The molecule has 1 aliphatic heterocycles. The van der Waals surface area contributed by atoms with Crippen molar-refractivity contribution in [1.29, 1.82) is 0 Å². The molecule has 4 rings (SSSR count). The molecule has 1 heterocycles. The predicted molar refractivity (Wildman–Crippen MR) is 109 cm³/mol. The fourth-order valence-electron chi connectivity index (χ4n) is 3.68. The molecule has 1 N–H and O–H groups in total. The molecule has 0 aliphatic carbocycles. The van der Waals surface area contributed by atoms with Crippen LogP contribution >= 0.6 is 0 Å². The first-order chi connectivity index (χ1) is 14.3. The van der Waals surface area contributed by atoms with E-state index in [-0.39, 0.29) is 6.04 Å². The van der Waals surface area contributed by atoms with Crippen LogP contribution in [-0.2, 0) is 12.7 Å². The molecular weight excluding hydrogens is 391 g/mol. The van der Waals surface area contributed by atoms with Crippen LogP contribution < -0.4 is 4.74 Å². The highest BCUT2D eigenvalue weighted by Gasteiger charge is 2.31. The van der Waals surface area contributed by atoms with Crippen molar-refractivity contribution in [3.05, 3.63) is 89.5 Å². The molecule has 0 fully saturated rings. The van der Waals surface area contributed by atoms with Crippen LogP contribution in [0.5, 0.6) is 5.75 Å². The highest BCUT2D eigenvalue weighted by molar-refractivity contribution is 5.66. The molecular formula is C24H22F3NO2. The number of rotatable bonds is 3. The fraction of sp³-hybridized carbons (Fsp3) is 0.250. The maximum Gasteiger partial charge on any atom is 0.416 e. The number of nitrogens with zero attached hydrogens (tertiary/aromatic N) is 1. The number of aliphatic hydroxyl groups is 1. The van der Waals surface area contributed by atoms with E-state index in [1.54, 1.807) is 18.2 Å². The minimum atomic E-state index is -4.37. The van der Waals surface area contributed by atoms with Crippen LogP contribution in [0.25, 0.3) is 11.1 Å². The predicted octanol–water partition coefficient (Wildman–Crippen LogP) is 5.65. The quantitative estimate of drug-likeness (QED) is 0.603. The summed E-state index contributed by atoms with van der Waals surface area (Å²) in [5, 5.41) is 11.2. The number of alkyl halides is 3. The number of aliphatic hydroxyl groups excluding tert-OH is 1. The zero-order chi connectivity index (χ0) is 21.3. The minimum Gasteiger partial charge on any atom is -0.492 e. The Hall–Kier alpha value is -2.83. The summed E-state index contributed by atoms with van der Waals surface area (Å²) in [6.45, 7) is 2.97. The summed E-state index contributed by atoms with van der Waals surface area (Å²) >= 11 is 0. The van der Waals surface area contributed by atoms with Crippen LogP contribution in [0.1, 0.15) is 29.8 Å². The van der Waals surface area contributed by atoms with E-state index in [2.05, 4.69) is 0 Å². The molecule has 2 unspecified atom stereocenters. The number of ether oxygens (including phenoxy) is 1. The lowest BCUT2D eigenvalue weighted by molar-refractivity contribution is -0.137. The van der Waals surface area contributed by atoms with Gasteiger partial charge in [-0.15, -0.1) is 0 Å². The van der Waals surface area contributed by atoms with Crippen LogP contribution in [0.4, 0.5) is 13.2 Å². The van der Waals surface area contributed by atoms with Crippen molar-refractivity contribution in [3.63, 3.8) is 0 Å². The van der Waals surface area contributed by atoms with Crippen LogP contribution in [-0.4, -0.2) is 22.7 Å². The second kappa shape index (κ2) is 8.13. The van der Waals surface area contributed by atoms with Crippen molar-refractivity contribution in [3.8, 4) is 16.9 Å². The van der Waals surface area contributed by atoms with Gasteiger partial charge in [0, 0.05) is 18.2 Å². The Morgan fingerprint density at radius 1 is 0.967 bits per heavy atom. The van der Waals surface area contributed by atoms with Crippen molar-refractivity contribution < 1.29 is 23.0 Å². The van der Waals surface area contributed by atoms with E-state index in [4.69, 9.17) is 4.74 Å². The van der Waals surface area contributed by atoms with E-state index in [9.17, 15) is 18.3 Å². The maximum absolute atomic E-state index is 12.8. The van der Waals surface area contributed by atoms with Crippen molar-refractivity contribution in [2.45, 2.75) is 31.9 Å². The normalized spacial score (nSPS) is 19.6. The lowest BCUT2D eigenvalue weighted by atomic mass is 10.00. The highest BCUT2D eigenvalue weighted by Crippen LogP contribution is 2.37. The number of hydrogen-bond donors (Lipinski definition) is 1. The molecule has 3 aromatic carbocycles. The second-order valence-electron chi connectivity index (χ2n) is 7.52. The lowest BCUT2D eigenvalue weighted by Gasteiger charge is -2.30. The molecule has 30 heavy (non-hydrogen) atoms. The lowest BCUT2D eigenvalue weighted by Crippen LogP contribution is -2.37. The number of fused-ring (bicyclic) bond motifs is 1. The average molecular weight is 413 g/mol. The maximum atomic E-state index is 12.8. The van der Waals surface area contributed by atoms with Gasteiger partial charge in [0.05, 0.1) is 5.56 Å². The fourth-order valence-corrected chi connectivity index (χ4v) is 3.68. The Bertz CT molecular complexity index is 1000. The van der Waals surface area contributed by atoms with E-state index in [1.807, 2.05) is 42.2 Å². The van der Waals surface area contributed by atoms with Crippen molar-refractivity contribution >= 4 is 0 Å². The van der Waals surface area contributed by atoms with Gasteiger partial charge >= 0.3 is 6.18 Å². The molecule has 3 aromatic rings. The molecule has 0 saturated carbocycles. The Kier molecular flexibility index (Phi) is 5.54. The van der Waals surface area contributed by atoms with Crippen molar-refractivity contribution in [2.24, 2.45) is 0 Å². The monoisotopic (exact) mass is 413 g/mol. The van der Waals surface area contributed by atoms with E-state index >= 15 is 0 Å². The summed E-state index contributed by atoms with van der Waals surface area (Å²) in [6.07, 6.45) is -5.27. The summed E-state index contributed by atoms with van der Waals surface area (Å²) in [6, 6.07) is 20.2. The van der Waals surface area contributed by atoms with Gasteiger partial charge in [0.25, 0.3) is 0 Å². The van der Waals surface area contributed by atoms with E-state index < -0.39 is 18.0 Å². The largest absolute Gasteiger partial charge is 0.492 e. The third-order valence-corrected chi connectivity index (χ3v) is 5.40. The Morgan fingerprint density at radius 2 is 1.63 bits per heavy atom. The first-order valence-corrected chi connectivity index (χ1v) is 9.75. The van der Waals surface area contributed by atoms with Crippen molar-refractivity contribution in [1.82, 2.24) is 4.90 Å². The summed E-state index contributed by atoms with van der Waals surface area (Å²) in [7, 11) is 0. The SMILES string of the molecule is CC1COc2ccc(-c3ccc(C(F)(F)F)cc3)cc2C(O)N1Cc1ccccc1. The molecule has 6 heteroatoms. The summed E-state index contributed by atoms with van der Waals surface area (Å²) in [5.41, 5.74) is 2.36.